The number of hydrogen-bond acceptors (Lipinski definition) is 8. The van der Waals surface area contributed by atoms with Crippen molar-refractivity contribution < 1.29 is 71.2 Å². The third kappa shape index (κ3) is 8.04. The number of carbonyl (C=O) groups is 3. The van der Waals surface area contributed by atoms with Crippen LogP contribution in [0.4, 0.5) is 10.5 Å². The number of aliphatic hydroxyl groups is 1. The Kier molecular flexibility index (Phi) is 12.3. The Morgan fingerprint density at radius 3 is 2.61 bits per heavy atom. The summed E-state index contributed by atoms with van der Waals surface area (Å²) in [5.74, 6) is -2.01. The Labute approximate surface area is 300 Å². The number of amides is 3. The second kappa shape index (κ2) is 14.9. The Bertz CT molecular complexity index is 1420. The first-order chi connectivity index (χ1) is 21.0. The number of ether oxygens (including phenoxy) is 3. The van der Waals surface area contributed by atoms with Gasteiger partial charge in [-0.1, -0.05) is 55.3 Å². The molecule has 0 aromatic heterocycles. The van der Waals surface area contributed by atoms with Crippen molar-refractivity contribution in [1.82, 2.24) is 10.2 Å². The molecule has 3 aliphatic rings. The third-order valence-corrected chi connectivity index (χ3v) is 9.90. The standard InChI is InChI=1S/C33H43ClN3O8.Y/c1-18-10-9-11-20(3)33(42)16-25(43-31(41)35-33)21(4)29-32(6,45-29)26(44-30(40)22(5)36(7)17-38)15-27(39)37(8)24-14-23(12-18)13-19(2)28(24)34;/h9-11,13-14,20-22,25-26,29,42H,12,15-16H2,1-8H3,(H,35,41);/q-1;/b11-9+,18-10+;. The smallest absolute Gasteiger partial charge is 0.409 e. The van der Waals surface area contributed by atoms with Gasteiger partial charge < -0.3 is 33.9 Å². The number of allylic oxidation sites excluding steroid dienone is 3. The fourth-order valence-corrected chi connectivity index (χ4v) is 6.26. The number of epoxide rings is 1. The number of fused-ring (bicyclic) bond motifs is 5. The van der Waals surface area contributed by atoms with E-state index in [0.717, 1.165) is 21.6 Å². The van der Waals surface area contributed by atoms with Gasteiger partial charge in [-0.25, -0.2) is 9.59 Å². The van der Waals surface area contributed by atoms with E-state index in [-0.39, 0.29) is 51.5 Å². The van der Waals surface area contributed by atoms with Crippen LogP contribution in [0.2, 0.25) is 5.02 Å². The minimum absolute atomic E-state index is 0. The number of alkyl carbamates (subject to hydrolysis) is 1. The maximum absolute atomic E-state index is 13.8. The normalized spacial score (nSPS) is 33.9. The molecule has 8 unspecified atom stereocenters. The van der Waals surface area contributed by atoms with Gasteiger partial charge in [0.25, 0.3) is 0 Å². The van der Waals surface area contributed by atoms with Crippen LogP contribution in [0.3, 0.4) is 0 Å². The number of likely N-dealkylation sites (N-methyl/N-ethyl adjacent to an activating group) is 1. The molecular weight excluding hydrogens is 691 g/mol. The molecule has 3 amide bonds. The number of esters is 1. The van der Waals surface area contributed by atoms with Gasteiger partial charge in [-0.15, -0.1) is 0 Å². The molecule has 0 spiro atoms. The summed E-state index contributed by atoms with van der Waals surface area (Å²) in [6.45, 7) is 10.7. The first kappa shape index (κ1) is 38.1. The molecular formula is C33H43ClN3O8Y-. The SMILES string of the molecule is C/C1=C\C=C\C(C)C2(O)CC(OC(=O)N2)C(C)C2OC2(C)C(OC(=O)C(C)N(C)[C-]=O)CC(=O)N(C)c2cc(cc(C)c2Cl)C1.[Y]. The topological polar surface area (TPSA) is 138 Å². The van der Waals surface area contributed by atoms with Crippen molar-refractivity contribution in [2.75, 3.05) is 19.0 Å². The molecule has 2 saturated heterocycles. The molecule has 4 rings (SSSR count). The molecule has 13 heteroatoms. The fourth-order valence-electron chi connectivity index (χ4n) is 6.02. The molecule has 1 radical (unpaired) electrons. The van der Waals surface area contributed by atoms with Crippen LogP contribution in [0, 0.1) is 18.8 Å². The van der Waals surface area contributed by atoms with Crippen molar-refractivity contribution in [2.24, 2.45) is 11.8 Å². The predicted molar refractivity (Wildman–Crippen MR) is 168 cm³/mol. The molecule has 3 aliphatic heterocycles. The molecule has 11 nitrogen and oxygen atoms in total. The first-order valence-electron chi connectivity index (χ1n) is 15.1. The van der Waals surface area contributed by atoms with E-state index in [9.17, 15) is 24.3 Å². The fraction of sp³-hybridized carbons (Fsp3) is 0.576. The quantitative estimate of drug-likeness (QED) is 0.205. The molecule has 1 aromatic rings. The summed E-state index contributed by atoms with van der Waals surface area (Å²) in [6, 6.07) is 2.86. The maximum atomic E-state index is 13.8. The van der Waals surface area contributed by atoms with E-state index in [1.807, 2.05) is 58.1 Å². The van der Waals surface area contributed by atoms with Gasteiger partial charge in [0.2, 0.25) is 5.91 Å². The van der Waals surface area contributed by atoms with E-state index in [1.165, 1.54) is 18.9 Å². The van der Waals surface area contributed by atoms with Gasteiger partial charge in [0, 0.05) is 58.0 Å². The Morgan fingerprint density at radius 2 is 1.96 bits per heavy atom. The zero-order chi connectivity index (χ0) is 33.4. The van der Waals surface area contributed by atoms with Gasteiger partial charge in [-0.05, 0) is 58.4 Å². The molecule has 46 heavy (non-hydrogen) atoms. The number of hydrogen-bond donors (Lipinski definition) is 2. The Morgan fingerprint density at radius 1 is 1.28 bits per heavy atom. The van der Waals surface area contributed by atoms with Gasteiger partial charge in [0.15, 0.2) is 0 Å². The van der Waals surface area contributed by atoms with Gasteiger partial charge in [0.1, 0.15) is 23.5 Å². The second-order valence-corrected chi connectivity index (χ2v) is 13.2. The third-order valence-electron chi connectivity index (χ3n) is 9.41. The summed E-state index contributed by atoms with van der Waals surface area (Å²) in [5, 5.41) is 14.5. The summed E-state index contributed by atoms with van der Waals surface area (Å²) in [4.78, 5) is 53.3. The first-order valence-corrected chi connectivity index (χ1v) is 15.5. The maximum Gasteiger partial charge on any atom is 0.409 e. The van der Waals surface area contributed by atoms with Gasteiger partial charge in [-0.3, -0.25) is 10.1 Å². The van der Waals surface area contributed by atoms with E-state index in [4.69, 9.17) is 25.8 Å². The number of benzene rings is 1. The van der Waals surface area contributed by atoms with Crippen molar-refractivity contribution in [3.8, 4) is 0 Å². The van der Waals surface area contributed by atoms with Crippen LogP contribution in [-0.2, 0) is 67.7 Å². The van der Waals surface area contributed by atoms with E-state index in [0.29, 0.717) is 17.1 Å². The van der Waals surface area contributed by atoms with E-state index in [1.54, 1.807) is 20.4 Å². The van der Waals surface area contributed by atoms with Crippen molar-refractivity contribution >= 4 is 41.7 Å². The van der Waals surface area contributed by atoms with Crippen molar-refractivity contribution in [2.45, 2.75) is 96.5 Å². The number of carbonyl (C=O) groups excluding carboxylic acids is 4. The monoisotopic (exact) mass is 733 g/mol. The second-order valence-electron chi connectivity index (χ2n) is 12.8. The molecule has 249 valence electrons. The predicted octanol–water partition coefficient (Wildman–Crippen LogP) is 3.97. The number of rotatable bonds is 4. The summed E-state index contributed by atoms with van der Waals surface area (Å²) in [6.07, 6.45) is 4.54. The molecule has 3 heterocycles. The minimum Gasteiger partial charge on any atom is -0.520 e. The van der Waals surface area contributed by atoms with Gasteiger partial charge in [-0.2, -0.15) is 6.41 Å². The van der Waals surface area contributed by atoms with Crippen molar-refractivity contribution in [3.05, 3.63) is 52.1 Å². The number of anilines is 1. The number of nitrogens with zero attached hydrogens (tertiary/aromatic N) is 2. The van der Waals surface area contributed by atoms with Crippen molar-refractivity contribution in [3.63, 3.8) is 0 Å². The molecule has 1 aromatic carbocycles. The van der Waals surface area contributed by atoms with Crippen LogP contribution in [0.1, 0.15) is 58.6 Å². The van der Waals surface area contributed by atoms with Crippen LogP contribution in [0.5, 0.6) is 0 Å². The molecule has 0 saturated carbocycles. The van der Waals surface area contributed by atoms with Crippen LogP contribution < -0.4 is 10.2 Å². The number of halogens is 1. The van der Waals surface area contributed by atoms with Crippen LogP contribution in [0.25, 0.3) is 0 Å². The minimum atomic E-state index is -1.58. The van der Waals surface area contributed by atoms with Gasteiger partial charge >= 0.3 is 12.1 Å². The number of aryl methyl sites for hydroxylation is 1. The van der Waals surface area contributed by atoms with E-state index >= 15 is 0 Å². The number of nitrogens with one attached hydrogen (secondary N) is 1. The molecule has 8 atom stereocenters. The summed E-state index contributed by atoms with van der Waals surface area (Å²) in [7, 11) is 3.02. The molecule has 4 bridgehead atoms. The van der Waals surface area contributed by atoms with E-state index in [2.05, 4.69) is 5.32 Å². The zero-order valence-electron chi connectivity index (χ0n) is 27.6. The van der Waals surface area contributed by atoms with Gasteiger partial charge in [0.05, 0.1) is 29.3 Å². The summed E-state index contributed by atoms with van der Waals surface area (Å²) in [5.41, 5.74) is 0.555. The van der Waals surface area contributed by atoms with Crippen LogP contribution >= 0.6 is 11.6 Å². The van der Waals surface area contributed by atoms with Crippen LogP contribution in [0.15, 0.2) is 35.9 Å². The largest absolute Gasteiger partial charge is 0.520 e. The van der Waals surface area contributed by atoms with E-state index < -0.39 is 59.6 Å². The summed E-state index contributed by atoms with van der Waals surface area (Å²) >= 11 is 6.70. The summed E-state index contributed by atoms with van der Waals surface area (Å²) < 4.78 is 17.7. The average molecular weight is 734 g/mol. The Balaban J connectivity index is 0.00000576. The molecule has 2 fully saturated rings. The molecule has 0 aliphatic carbocycles. The zero-order valence-corrected chi connectivity index (χ0v) is 31.2. The Hall–Kier alpha value is -2.31. The molecule has 2 N–H and O–H groups in total. The average Bonchev–Trinajstić information content (AvgIpc) is 3.68. The van der Waals surface area contributed by atoms with Crippen LogP contribution in [-0.4, -0.2) is 84.2 Å². The van der Waals surface area contributed by atoms with Crippen molar-refractivity contribution in [1.29, 1.82) is 0 Å².